The van der Waals surface area contributed by atoms with Crippen LogP contribution >= 0.6 is 0 Å². The van der Waals surface area contributed by atoms with E-state index in [0.717, 1.165) is 25.7 Å². The fourth-order valence-corrected chi connectivity index (χ4v) is 4.49. The molecule has 0 radical (unpaired) electrons. The molecule has 1 saturated heterocycles. The van der Waals surface area contributed by atoms with E-state index in [2.05, 4.69) is 29.3 Å². The number of nitrogens with zero attached hydrogens (tertiary/aromatic N) is 4. The number of hydrogen-bond acceptors (Lipinski definition) is 4. The van der Waals surface area contributed by atoms with E-state index < -0.39 is 11.6 Å². The van der Waals surface area contributed by atoms with E-state index in [1.807, 2.05) is 18.2 Å². The van der Waals surface area contributed by atoms with E-state index in [0.29, 0.717) is 17.6 Å². The Labute approximate surface area is 179 Å². The van der Waals surface area contributed by atoms with Crippen LogP contribution in [-0.4, -0.2) is 41.4 Å². The lowest BCUT2D eigenvalue weighted by Gasteiger charge is -2.28. The topological polar surface area (TPSA) is 51.2 Å². The third-order valence-corrected chi connectivity index (χ3v) is 6.06. The number of amidine groups is 1. The molecule has 2 aromatic carbocycles. The predicted molar refractivity (Wildman–Crippen MR) is 114 cm³/mol. The zero-order chi connectivity index (χ0) is 21.5. The Balaban J connectivity index is 1.35. The van der Waals surface area contributed by atoms with Crippen molar-refractivity contribution in [2.24, 2.45) is 16.8 Å². The monoisotopic (exact) mass is 423 g/mol. The average Bonchev–Trinajstić information content (AvgIpc) is 3.32. The Kier molecular flexibility index (Phi) is 4.94. The van der Waals surface area contributed by atoms with Gasteiger partial charge in [-0.25, -0.2) is 18.6 Å². The highest BCUT2D eigenvalue weighted by Crippen LogP contribution is 2.31. The van der Waals surface area contributed by atoms with E-state index in [1.54, 1.807) is 11.1 Å². The lowest BCUT2D eigenvalue weighted by atomic mass is 9.96. The van der Waals surface area contributed by atoms with Crippen molar-refractivity contribution in [2.75, 3.05) is 24.7 Å². The zero-order valence-corrected chi connectivity index (χ0v) is 17.1. The van der Waals surface area contributed by atoms with Gasteiger partial charge in [-0.15, -0.1) is 0 Å². The predicted octanol–water partition coefficient (Wildman–Crippen LogP) is 3.73. The molecule has 3 aliphatic rings. The summed E-state index contributed by atoms with van der Waals surface area (Å²) in [6, 6.07) is 13.4. The molecule has 0 spiro atoms. The van der Waals surface area contributed by atoms with E-state index in [9.17, 15) is 13.6 Å². The van der Waals surface area contributed by atoms with Gasteiger partial charge in [-0.2, -0.15) is 0 Å². The fraction of sp³-hybridized carbons (Fsp3) is 0.304. The van der Waals surface area contributed by atoms with Crippen LogP contribution in [0, 0.1) is 23.5 Å². The Hall–Kier alpha value is -3.26. The van der Waals surface area contributed by atoms with Gasteiger partial charge in [0.2, 0.25) is 0 Å². The van der Waals surface area contributed by atoms with Crippen molar-refractivity contribution in [2.45, 2.75) is 13.5 Å². The molecule has 5 rings (SSSR count). The SMILES string of the molecule is CC1CN(Cc2ccccc2)CC1C1=NC2=CN(c3ccc(F)cc3F)CN2C(=O)N1. The first-order valence-corrected chi connectivity index (χ1v) is 10.3. The van der Waals surface area contributed by atoms with Crippen LogP contribution < -0.4 is 10.2 Å². The number of halogens is 2. The molecule has 2 unspecified atom stereocenters. The third-order valence-electron chi connectivity index (χ3n) is 6.06. The third kappa shape index (κ3) is 3.79. The summed E-state index contributed by atoms with van der Waals surface area (Å²) in [7, 11) is 0. The molecule has 0 aromatic heterocycles. The molecule has 1 fully saturated rings. The summed E-state index contributed by atoms with van der Waals surface area (Å²) in [5.41, 5.74) is 1.46. The second kappa shape index (κ2) is 7.77. The molecule has 2 atom stereocenters. The molecule has 31 heavy (non-hydrogen) atoms. The summed E-state index contributed by atoms with van der Waals surface area (Å²) in [5.74, 6) is 0.240. The van der Waals surface area contributed by atoms with Crippen LogP contribution in [0.3, 0.4) is 0 Å². The van der Waals surface area contributed by atoms with Crippen LogP contribution in [0.4, 0.5) is 19.3 Å². The number of likely N-dealkylation sites (tertiary alicyclic amines) is 1. The van der Waals surface area contributed by atoms with Gasteiger partial charge in [0.05, 0.1) is 5.69 Å². The Morgan fingerprint density at radius 1 is 1.13 bits per heavy atom. The van der Waals surface area contributed by atoms with Gasteiger partial charge in [0.1, 0.15) is 24.1 Å². The Morgan fingerprint density at radius 2 is 1.94 bits per heavy atom. The lowest BCUT2D eigenvalue weighted by Crippen LogP contribution is -2.49. The van der Waals surface area contributed by atoms with Gasteiger partial charge >= 0.3 is 6.03 Å². The quantitative estimate of drug-likeness (QED) is 0.815. The zero-order valence-electron chi connectivity index (χ0n) is 17.1. The molecular formula is C23H23F2N5O. The van der Waals surface area contributed by atoms with Crippen molar-refractivity contribution in [3.63, 3.8) is 0 Å². The highest BCUT2D eigenvalue weighted by atomic mass is 19.1. The van der Waals surface area contributed by atoms with E-state index >= 15 is 0 Å². The second-order valence-corrected chi connectivity index (χ2v) is 8.31. The molecule has 3 aliphatic heterocycles. The van der Waals surface area contributed by atoms with Crippen LogP contribution in [0.2, 0.25) is 0 Å². The van der Waals surface area contributed by atoms with Gasteiger partial charge in [0, 0.05) is 37.8 Å². The maximum atomic E-state index is 14.2. The van der Waals surface area contributed by atoms with Gasteiger partial charge in [-0.1, -0.05) is 37.3 Å². The number of carbonyl (C=O) groups excluding carboxylic acids is 1. The number of urea groups is 1. The highest BCUT2D eigenvalue weighted by Gasteiger charge is 2.39. The van der Waals surface area contributed by atoms with Crippen LogP contribution in [0.15, 0.2) is 65.5 Å². The standard InChI is InChI=1S/C23H23F2N5O/c1-15-10-28(11-16-5-3-2-4-6-16)12-18(15)22-26-21-13-29(14-30(21)23(31)27-22)20-8-7-17(24)9-19(20)25/h2-9,13,15,18H,10-12,14H2,1H3,(H,26,27,31). The first-order chi connectivity index (χ1) is 15.0. The summed E-state index contributed by atoms with van der Waals surface area (Å²) in [5, 5.41) is 2.93. The molecule has 160 valence electrons. The van der Waals surface area contributed by atoms with Crippen LogP contribution in [0.5, 0.6) is 0 Å². The average molecular weight is 423 g/mol. The molecule has 3 heterocycles. The molecule has 8 heteroatoms. The number of rotatable bonds is 4. The number of aliphatic imine (C=N–C) groups is 1. The number of carbonyl (C=O) groups is 1. The lowest BCUT2D eigenvalue weighted by molar-refractivity contribution is 0.216. The van der Waals surface area contributed by atoms with Crippen LogP contribution in [-0.2, 0) is 6.54 Å². The molecule has 0 bridgehead atoms. The minimum absolute atomic E-state index is 0.104. The number of nitrogens with one attached hydrogen (secondary N) is 1. The summed E-state index contributed by atoms with van der Waals surface area (Å²) < 4.78 is 27.4. The summed E-state index contributed by atoms with van der Waals surface area (Å²) in [6.07, 6.45) is 1.64. The minimum Gasteiger partial charge on any atom is -0.323 e. The fourth-order valence-electron chi connectivity index (χ4n) is 4.49. The van der Waals surface area contributed by atoms with Gasteiger partial charge in [0.15, 0.2) is 5.82 Å². The number of amides is 2. The van der Waals surface area contributed by atoms with Crippen molar-refractivity contribution in [3.8, 4) is 0 Å². The molecule has 1 N–H and O–H groups in total. The maximum Gasteiger partial charge on any atom is 0.329 e. The number of anilines is 1. The Morgan fingerprint density at radius 3 is 2.71 bits per heavy atom. The largest absolute Gasteiger partial charge is 0.329 e. The van der Waals surface area contributed by atoms with Gasteiger partial charge in [-0.3, -0.25) is 15.1 Å². The van der Waals surface area contributed by atoms with Gasteiger partial charge in [-0.05, 0) is 23.6 Å². The van der Waals surface area contributed by atoms with Crippen LogP contribution in [0.1, 0.15) is 12.5 Å². The number of fused-ring (bicyclic) bond motifs is 1. The summed E-state index contributed by atoms with van der Waals surface area (Å²) >= 11 is 0. The first kappa shape index (κ1) is 19.7. The van der Waals surface area contributed by atoms with Crippen LogP contribution in [0.25, 0.3) is 0 Å². The van der Waals surface area contributed by atoms with E-state index in [1.165, 1.54) is 22.6 Å². The van der Waals surface area contributed by atoms with Crippen molar-refractivity contribution >= 4 is 17.6 Å². The minimum atomic E-state index is -0.678. The first-order valence-electron chi connectivity index (χ1n) is 10.3. The van der Waals surface area contributed by atoms with Gasteiger partial charge in [0.25, 0.3) is 0 Å². The van der Waals surface area contributed by atoms with E-state index in [4.69, 9.17) is 4.99 Å². The summed E-state index contributed by atoms with van der Waals surface area (Å²) in [6.45, 7) is 4.87. The second-order valence-electron chi connectivity index (χ2n) is 8.31. The van der Waals surface area contributed by atoms with Crippen molar-refractivity contribution in [1.82, 2.24) is 15.1 Å². The van der Waals surface area contributed by atoms with Gasteiger partial charge < -0.3 is 4.90 Å². The van der Waals surface area contributed by atoms with Crippen molar-refractivity contribution in [3.05, 3.63) is 77.7 Å². The highest BCUT2D eigenvalue weighted by molar-refractivity contribution is 6.02. The Bertz CT molecular complexity index is 1070. The number of hydrogen-bond donors (Lipinski definition) is 1. The van der Waals surface area contributed by atoms with E-state index in [-0.39, 0.29) is 24.3 Å². The normalized spacial score (nSPS) is 23.5. The molecule has 0 saturated carbocycles. The number of benzene rings is 2. The van der Waals surface area contributed by atoms with Crippen molar-refractivity contribution in [1.29, 1.82) is 0 Å². The molecule has 6 nitrogen and oxygen atoms in total. The molecule has 2 amide bonds. The summed E-state index contributed by atoms with van der Waals surface area (Å²) in [4.78, 5) is 22.8. The molecule has 0 aliphatic carbocycles. The molecule has 2 aromatic rings. The molecular weight excluding hydrogens is 400 g/mol. The maximum absolute atomic E-state index is 14.2. The smallest absolute Gasteiger partial charge is 0.323 e. The van der Waals surface area contributed by atoms with Crippen molar-refractivity contribution < 1.29 is 13.6 Å².